The molecule has 0 bridgehead atoms. The first-order valence-corrected chi connectivity index (χ1v) is 7.93. The minimum atomic E-state index is 0.113. The predicted molar refractivity (Wildman–Crippen MR) is 86.0 cm³/mol. The summed E-state index contributed by atoms with van der Waals surface area (Å²) in [5.41, 5.74) is 2.71. The molecule has 1 heterocycles. The lowest BCUT2D eigenvalue weighted by Crippen LogP contribution is -2.41. The highest BCUT2D eigenvalue weighted by Crippen LogP contribution is 2.28. The van der Waals surface area contributed by atoms with Gasteiger partial charge in [-0.3, -0.25) is 9.69 Å². The van der Waals surface area contributed by atoms with Crippen molar-refractivity contribution in [3.05, 3.63) is 35.4 Å². The Labute approximate surface area is 127 Å². The molecule has 2 N–H and O–H groups in total. The van der Waals surface area contributed by atoms with E-state index >= 15 is 0 Å². The highest BCUT2D eigenvalue weighted by atomic mass is 16.2. The van der Waals surface area contributed by atoms with E-state index in [1.165, 1.54) is 11.1 Å². The minimum Gasteiger partial charge on any atom is -0.353 e. The highest BCUT2D eigenvalue weighted by molar-refractivity contribution is 5.78. The molecule has 1 unspecified atom stereocenters. The second kappa shape index (κ2) is 7.57. The van der Waals surface area contributed by atoms with Crippen LogP contribution < -0.4 is 10.6 Å². The molecule has 4 heteroatoms. The molecule has 1 aliphatic rings. The van der Waals surface area contributed by atoms with Crippen LogP contribution in [0.5, 0.6) is 0 Å². The fraction of sp³-hybridized carbons (Fsp3) is 0.588. The number of fused-ring (bicyclic) bond motifs is 1. The number of amides is 1. The Morgan fingerprint density at radius 1 is 1.43 bits per heavy atom. The van der Waals surface area contributed by atoms with Gasteiger partial charge in [0.15, 0.2) is 0 Å². The Bertz CT molecular complexity index is 473. The monoisotopic (exact) mass is 289 g/mol. The zero-order chi connectivity index (χ0) is 15.2. The predicted octanol–water partition coefficient (Wildman–Crippen LogP) is 2.07. The molecule has 1 atom stereocenters. The van der Waals surface area contributed by atoms with Crippen molar-refractivity contribution < 1.29 is 4.79 Å². The highest BCUT2D eigenvalue weighted by Gasteiger charge is 2.24. The summed E-state index contributed by atoms with van der Waals surface area (Å²) in [5, 5.41) is 6.46. The average molecular weight is 289 g/mol. The maximum atomic E-state index is 12.1. The number of rotatable bonds is 5. The summed E-state index contributed by atoms with van der Waals surface area (Å²) in [5.74, 6) is 0.113. The summed E-state index contributed by atoms with van der Waals surface area (Å²) in [6, 6.07) is 9.08. The first-order chi connectivity index (χ1) is 10.1. The lowest BCUT2D eigenvalue weighted by Gasteiger charge is -2.31. The molecule has 0 aromatic heterocycles. The van der Waals surface area contributed by atoms with Crippen LogP contribution in [0.15, 0.2) is 24.3 Å². The van der Waals surface area contributed by atoms with Gasteiger partial charge in [-0.1, -0.05) is 31.2 Å². The van der Waals surface area contributed by atoms with Gasteiger partial charge in [0.05, 0.1) is 6.54 Å². The summed E-state index contributed by atoms with van der Waals surface area (Å²) in [7, 11) is 0. The van der Waals surface area contributed by atoms with E-state index in [0.717, 1.165) is 26.1 Å². The van der Waals surface area contributed by atoms with Gasteiger partial charge in [0, 0.05) is 18.6 Å². The molecular weight excluding hydrogens is 262 g/mol. The summed E-state index contributed by atoms with van der Waals surface area (Å²) >= 11 is 0. The van der Waals surface area contributed by atoms with Crippen molar-refractivity contribution in [2.75, 3.05) is 19.6 Å². The number of hydrogen-bond acceptors (Lipinski definition) is 3. The van der Waals surface area contributed by atoms with Crippen LogP contribution in [0.4, 0.5) is 0 Å². The van der Waals surface area contributed by atoms with Crippen molar-refractivity contribution in [3.8, 4) is 0 Å². The summed E-state index contributed by atoms with van der Waals surface area (Å²) in [6.45, 7) is 9.38. The van der Waals surface area contributed by atoms with Crippen molar-refractivity contribution >= 4 is 5.91 Å². The third-order valence-corrected chi connectivity index (χ3v) is 3.97. The van der Waals surface area contributed by atoms with E-state index in [0.29, 0.717) is 12.6 Å². The van der Waals surface area contributed by atoms with Crippen molar-refractivity contribution in [3.63, 3.8) is 0 Å². The molecule has 1 amide bonds. The Balaban J connectivity index is 2.15. The van der Waals surface area contributed by atoms with Gasteiger partial charge in [-0.25, -0.2) is 0 Å². The third kappa shape index (κ3) is 4.29. The lowest BCUT2D eigenvalue weighted by molar-refractivity contribution is -0.123. The maximum Gasteiger partial charge on any atom is 0.234 e. The number of carbonyl (C=O) groups excluding carboxylic acids is 1. The third-order valence-electron chi connectivity index (χ3n) is 3.97. The van der Waals surface area contributed by atoms with E-state index in [1.807, 2.05) is 13.8 Å². The number of nitrogens with one attached hydrogen (secondary N) is 2. The van der Waals surface area contributed by atoms with Crippen LogP contribution in [0.3, 0.4) is 0 Å². The smallest absolute Gasteiger partial charge is 0.234 e. The molecule has 116 valence electrons. The summed E-state index contributed by atoms with van der Waals surface area (Å²) < 4.78 is 0. The molecular formula is C17H27N3O. The number of benzene rings is 1. The molecule has 0 saturated heterocycles. The molecule has 0 saturated carbocycles. The van der Waals surface area contributed by atoms with Gasteiger partial charge in [0.25, 0.3) is 0 Å². The standard InChI is InChI=1S/C17H27N3O/c1-4-20(12-17(21)19-13(2)3)16-9-10-18-11-14-7-5-6-8-15(14)16/h5-8,13,16,18H,4,9-12H2,1-3H3,(H,19,21). The number of nitrogens with zero attached hydrogens (tertiary/aromatic N) is 1. The van der Waals surface area contributed by atoms with Gasteiger partial charge < -0.3 is 10.6 Å². The van der Waals surface area contributed by atoms with Crippen LogP contribution >= 0.6 is 0 Å². The second-order valence-electron chi connectivity index (χ2n) is 5.97. The summed E-state index contributed by atoms with van der Waals surface area (Å²) in [4.78, 5) is 14.4. The largest absolute Gasteiger partial charge is 0.353 e. The molecule has 0 aliphatic carbocycles. The van der Waals surface area contributed by atoms with Crippen molar-refractivity contribution in [1.29, 1.82) is 0 Å². The minimum absolute atomic E-state index is 0.113. The second-order valence-corrected chi connectivity index (χ2v) is 5.97. The SMILES string of the molecule is CCN(CC(=O)NC(C)C)C1CCNCc2ccccc21. The molecule has 1 aromatic rings. The lowest BCUT2D eigenvalue weighted by atomic mass is 9.98. The van der Waals surface area contributed by atoms with Crippen LogP contribution in [-0.4, -0.2) is 36.5 Å². The van der Waals surface area contributed by atoms with Gasteiger partial charge in [0.1, 0.15) is 0 Å². The average Bonchev–Trinajstić information content (AvgIpc) is 2.66. The van der Waals surface area contributed by atoms with Gasteiger partial charge in [-0.2, -0.15) is 0 Å². The first-order valence-electron chi connectivity index (χ1n) is 7.93. The van der Waals surface area contributed by atoms with Crippen LogP contribution in [0.2, 0.25) is 0 Å². The normalized spacial score (nSPS) is 18.4. The molecule has 1 aromatic carbocycles. The molecule has 0 radical (unpaired) electrons. The Hall–Kier alpha value is -1.39. The van der Waals surface area contributed by atoms with Crippen molar-refractivity contribution in [2.45, 2.75) is 45.8 Å². The topological polar surface area (TPSA) is 44.4 Å². The van der Waals surface area contributed by atoms with Gasteiger partial charge >= 0.3 is 0 Å². The van der Waals surface area contributed by atoms with Crippen LogP contribution in [0.25, 0.3) is 0 Å². The fourth-order valence-corrected chi connectivity index (χ4v) is 3.01. The molecule has 21 heavy (non-hydrogen) atoms. The Morgan fingerprint density at radius 3 is 2.90 bits per heavy atom. The van der Waals surface area contributed by atoms with E-state index in [1.54, 1.807) is 0 Å². The molecule has 2 rings (SSSR count). The Kier molecular flexibility index (Phi) is 5.76. The number of likely N-dealkylation sites (N-methyl/N-ethyl adjacent to an activating group) is 1. The van der Waals surface area contributed by atoms with Crippen LogP contribution in [0.1, 0.15) is 44.4 Å². The van der Waals surface area contributed by atoms with E-state index in [-0.39, 0.29) is 11.9 Å². The van der Waals surface area contributed by atoms with Crippen LogP contribution in [0, 0.1) is 0 Å². The number of carbonyl (C=O) groups is 1. The van der Waals surface area contributed by atoms with Crippen molar-refractivity contribution in [1.82, 2.24) is 15.5 Å². The van der Waals surface area contributed by atoms with E-state index in [2.05, 4.69) is 46.7 Å². The molecule has 1 aliphatic heterocycles. The fourth-order valence-electron chi connectivity index (χ4n) is 3.01. The Morgan fingerprint density at radius 2 is 2.19 bits per heavy atom. The molecule has 0 fully saturated rings. The zero-order valence-corrected chi connectivity index (χ0v) is 13.4. The zero-order valence-electron chi connectivity index (χ0n) is 13.4. The van der Waals surface area contributed by atoms with E-state index in [4.69, 9.17) is 0 Å². The van der Waals surface area contributed by atoms with E-state index < -0.39 is 0 Å². The summed E-state index contributed by atoms with van der Waals surface area (Å²) in [6.07, 6.45) is 1.04. The van der Waals surface area contributed by atoms with Crippen molar-refractivity contribution in [2.24, 2.45) is 0 Å². The quantitative estimate of drug-likeness (QED) is 0.872. The van der Waals surface area contributed by atoms with Crippen LogP contribution in [-0.2, 0) is 11.3 Å². The first kappa shape index (κ1) is 16.0. The van der Waals surface area contributed by atoms with Gasteiger partial charge in [-0.15, -0.1) is 0 Å². The molecule has 4 nitrogen and oxygen atoms in total. The maximum absolute atomic E-state index is 12.1. The number of hydrogen-bond donors (Lipinski definition) is 2. The van der Waals surface area contributed by atoms with Gasteiger partial charge in [-0.05, 0) is 44.5 Å². The molecule has 0 spiro atoms. The van der Waals surface area contributed by atoms with Gasteiger partial charge in [0.2, 0.25) is 5.91 Å². The van der Waals surface area contributed by atoms with E-state index in [9.17, 15) is 4.79 Å².